The number of nitrogens with one attached hydrogen (secondary N) is 1. The minimum atomic E-state index is 0. The van der Waals surface area contributed by atoms with Gasteiger partial charge in [-0.05, 0) is 37.5 Å². The molecule has 0 radical (unpaired) electrons. The number of hydrogen-bond donors (Lipinski definition) is 2. The Morgan fingerprint density at radius 1 is 1.35 bits per heavy atom. The molecule has 0 aromatic rings. The molecule has 17 heavy (non-hydrogen) atoms. The van der Waals surface area contributed by atoms with Crippen LogP contribution in [-0.2, 0) is 9.53 Å². The van der Waals surface area contributed by atoms with Crippen LogP contribution in [0.4, 0.5) is 0 Å². The van der Waals surface area contributed by atoms with Crippen molar-refractivity contribution >= 4 is 18.3 Å². The number of carbonyl (C=O) groups excluding carboxylic acids is 1. The monoisotopic (exact) mass is 262 g/mol. The molecular weight excluding hydrogens is 240 g/mol. The van der Waals surface area contributed by atoms with Crippen LogP contribution in [-0.4, -0.2) is 31.7 Å². The summed E-state index contributed by atoms with van der Waals surface area (Å²) in [5.74, 6) is 1.48. The summed E-state index contributed by atoms with van der Waals surface area (Å²) in [6.45, 7) is 1.99. The predicted octanol–water partition coefficient (Wildman–Crippen LogP) is 1.08. The fourth-order valence-corrected chi connectivity index (χ4v) is 1.71. The molecule has 0 aromatic carbocycles. The number of nitrogens with two attached hydrogens (primary N) is 1. The van der Waals surface area contributed by atoms with E-state index in [9.17, 15) is 4.79 Å². The molecule has 0 bridgehead atoms. The standard InChI is InChI=1S/C12H22N2O2.ClH/c13-11(10-3-4-10)7-14-12(15)5-6-16-8-9-1-2-9;/h9-11H,1-8,13H2,(H,14,15);1H. The molecule has 0 aliphatic heterocycles. The highest BCUT2D eigenvalue weighted by Crippen LogP contribution is 2.31. The summed E-state index contributed by atoms with van der Waals surface area (Å²) in [4.78, 5) is 11.4. The summed E-state index contributed by atoms with van der Waals surface area (Å²) in [6.07, 6.45) is 5.50. The first-order valence-electron chi connectivity index (χ1n) is 6.35. The maximum atomic E-state index is 11.4. The molecule has 3 N–H and O–H groups in total. The minimum Gasteiger partial charge on any atom is -0.381 e. The fraction of sp³-hybridized carbons (Fsp3) is 0.917. The number of hydrogen-bond acceptors (Lipinski definition) is 3. The quantitative estimate of drug-likeness (QED) is 0.644. The normalized spacial score (nSPS) is 20.5. The lowest BCUT2D eigenvalue weighted by atomic mass is 10.2. The van der Waals surface area contributed by atoms with E-state index in [0.29, 0.717) is 25.5 Å². The summed E-state index contributed by atoms with van der Waals surface area (Å²) in [5.41, 5.74) is 5.88. The first-order chi connectivity index (χ1) is 7.75. The lowest BCUT2D eigenvalue weighted by Gasteiger charge is -2.11. The molecule has 2 rings (SSSR count). The SMILES string of the molecule is Cl.NC(CNC(=O)CCOCC1CC1)C1CC1. The van der Waals surface area contributed by atoms with E-state index in [1.807, 2.05) is 0 Å². The first kappa shape index (κ1) is 14.7. The van der Waals surface area contributed by atoms with Gasteiger partial charge in [0.05, 0.1) is 6.61 Å². The number of ether oxygens (including phenoxy) is 1. The molecule has 0 aromatic heterocycles. The van der Waals surface area contributed by atoms with Crippen molar-refractivity contribution in [2.75, 3.05) is 19.8 Å². The Balaban J connectivity index is 0.00000144. The molecule has 2 saturated carbocycles. The van der Waals surface area contributed by atoms with Crippen molar-refractivity contribution in [3.05, 3.63) is 0 Å². The summed E-state index contributed by atoms with van der Waals surface area (Å²) in [5, 5.41) is 2.86. The third-order valence-electron chi connectivity index (χ3n) is 3.29. The van der Waals surface area contributed by atoms with E-state index in [0.717, 1.165) is 12.5 Å². The molecule has 0 heterocycles. The van der Waals surface area contributed by atoms with Crippen molar-refractivity contribution in [1.29, 1.82) is 0 Å². The lowest BCUT2D eigenvalue weighted by molar-refractivity contribution is -0.122. The first-order valence-corrected chi connectivity index (χ1v) is 6.35. The Kier molecular flexibility index (Phi) is 6.23. The van der Waals surface area contributed by atoms with Crippen LogP contribution < -0.4 is 11.1 Å². The number of halogens is 1. The van der Waals surface area contributed by atoms with Crippen LogP contribution in [0.5, 0.6) is 0 Å². The topological polar surface area (TPSA) is 64.3 Å². The average Bonchev–Trinajstić information content (AvgIpc) is 3.14. The van der Waals surface area contributed by atoms with Crippen molar-refractivity contribution < 1.29 is 9.53 Å². The average molecular weight is 263 g/mol. The smallest absolute Gasteiger partial charge is 0.222 e. The molecule has 1 amide bonds. The molecule has 0 saturated heterocycles. The van der Waals surface area contributed by atoms with E-state index < -0.39 is 0 Å². The zero-order chi connectivity index (χ0) is 11.4. The minimum absolute atomic E-state index is 0. The van der Waals surface area contributed by atoms with Crippen LogP contribution in [0.3, 0.4) is 0 Å². The Bertz CT molecular complexity index is 243. The molecule has 2 fully saturated rings. The molecule has 5 heteroatoms. The van der Waals surface area contributed by atoms with Crippen molar-refractivity contribution in [1.82, 2.24) is 5.32 Å². The number of amides is 1. The van der Waals surface area contributed by atoms with E-state index in [4.69, 9.17) is 10.5 Å². The van der Waals surface area contributed by atoms with E-state index in [-0.39, 0.29) is 24.4 Å². The van der Waals surface area contributed by atoms with E-state index in [1.54, 1.807) is 0 Å². The van der Waals surface area contributed by atoms with Crippen molar-refractivity contribution in [2.24, 2.45) is 17.6 Å². The van der Waals surface area contributed by atoms with Crippen molar-refractivity contribution in [3.8, 4) is 0 Å². The van der Waals surface area contributed by atoms with Gasteiger partial charge in [0.25, 0.3) is 0 Å². The van der Waals surface area contributed by atoms with Crippen LogP contribution in [0.15, 0.2) is 0 Å². The summed E-state index contributed by atoms with van der Waals surface area (Å²) < 4.78 is 5.40. The largest absolute Gasteiger partial charge is 0.381 e. The third kappa shape index (κ3) is 6.24. The van der Waals surface area contributed by atoms with E-state index in [1.165, 1.54) is 25.7 Å². The van der Waals surface area contributed by atoms with Crippen LogP contribution in [0, 0.1) is 11.8 Å². The number of rotatable bonds is 8. The van der Waals surface area contributed by atoms with E-state index >= 15 is 0 Å². The molecule has 2 aliphatic rings. The highest BCUT2D eigenvalue weighted by atomic mass is 35.5. The van der Waals surface area contributed by atoms with Gasteiger partial charge in [-0.1, -0.05) is 0 Å². The summed E-state index contributed by atoms with van der Waals surface area (Å²) in [6, 6.07) is 0.149. The molecule has 100 valence electrons. The molecule has 2 aliphatic carbocycles. The van der Waals surface area contributed by atoms with Crippen LogP contribution in [0.2, 0.25) is 0 Å². The Labute approximate surface area is 109 Å². The third-order valence-corrected chi connectivity index (χ3v) is 3.29. The van der Waals surface area contributed by atoms with E-state index in [2.05, 4.69) is 5.32 Å². The summed E-state index contributed by atoms with van der Waals surface area (Å²) in [7, 11) is 0. The molecular formula is C12H23ClN2O2. The van der Waals surface area contributed by atoms with Crippen LogP contribution in [0.1, 0.15) is 32.1 Å². The van der Waals surface area contributed by atoms with Gasteiger partial charge in [0.1, 0.15) is 0 Å². The van der Waals surface area contributed by atoms with Crippen LogP contribution >= 0.6 is 12.4 Å². The molecule has 1 unspecified atom stereocenters. The predicted molar refractivity (Wildman–Crippen MR) is 69.1 cm³/mol. The van der Waals surface area contributed by atoms with Gasteiger partial charge in [-0.15, -0.1) is 12.4 Å². The maximum Gasteiger partial charge on any atom is 0.222 e. The highest BCUT2D eigenvalue weighted by molar-refractivity contribution is 5.85. The van der Waals surface area contributed by atoms with Gasteiger partial charge >= 0.3 is 0 Å². The van der Waals surface area contributed by atoms with Gasteiger partial charge in [-0.25, -0.2) is 0 Å². The number of carbonyl (C=O) groups is 1. The summed E-state index contributed by atoms with van der Waals surface area (Å²) >= 11 is 0. The maximum absolute atomic E-state index is 11.4. The van der Waals surface area contributed by atoms with Gasteiger partial charge in [0.2, 0.25) is 5.91 Å². The van der Waals surface area contributed by atoms with Gasteiger partial charge < -0.3 is 15.8 Å². The van der Waals surface area contributed by atoms with Crippen LogP contribution in [0.25, 0.3) is 0 Å². The second-order valence-corrected chi connectivity index (χ2v) is 5.07. The second kappa shape index (κ2) is 7.19. The zero-order valence-electron chi connectivity index (χ0n) is 10.2. The Hall–Kier alpha value is -0.320. The van der Waals surface area contributed by atoms with Gasteiger partial charge in [0.15, 0.2) is 0 Å². The van der Waals surface area contributed by atoms with Crippen molar-refractivity contribution in [2.45, 2.75) is 38.1 Å². The second-order valence-electron chi connectivity index (χ2n) is 5.07. The zero-order valence-corrected chi connectivity index (χ0v) is 11.0. The lowest BCUT2D eigenvalue weighted by Crippen LogP contribution is -2.38. The van der Waals surface area contributed by atoms with Gasteiger partial charge in [0, 0.05) is 25.6 Å². The Morgan fingerprint density at radius 3 is 2.65 bits per heavy atom. The molecule has 0 spiro atoms. The Morgan fingerprint density at radius 2 is 2.06 bits per heavy atom. The van der Waals surface area contributed by atoms with Gasteiger partial charge in [-0.3, -0.25) is 4.79 Å². The molecule has 1 atom stereocenters. The van der Waals surface area contributed by atoms with Gasteiger partial charge in [-0.2, -0.15) is 0 Å². The molecule has 4 nitrogen and oxygen atoms in total. The fourth-order valence-electron chi connectivity index (χ4n) is 1.71. The highest BCUT2D eigenvalue weighted by Gasteiger charge is 2.28. The van der Waals surface area contributed by atoms with Crippen molar-refractivity contribution in [3.63, 3.8) is 0 Å².